The van der Waals surface area contributed by atoms with Crippen molar-refractivity contribution in [1.29, 1.82) is 0 Å². The monoisotopic (exact) mass is 416 g/mol. The highest BCUT2D eigenvalue weighted by molar-refractivity contribution is 7.80. The molecule has 0 aliphatic heterocycles. The van der Waals surface area contributed by atoms with Crippen molar-refractivity contribution in [3.05, 3.63) is 88.4 Å². The molecule has 6 heteroatoms. The van der Waals surface area contributed by atoms with E-state index in [0.29, 0.717) is 21.7 Å². The van der Waals surface area contributed by atoms with Gasteiger partial charge < -0.3 is 15.0 Å². The van der Waals surface area contributed by atoms with Crippen LogP contribution >= 0.6 is 35.4 Å². The number of rotatable bonds is 5. The van der Waals surface area contributed by atoms with Crippen LogP contribution in [-0.2, 0) is 6.54 Å². The normalized spacial score (nSPS) is 10.3. The third-order valence-corrected chi connectivity index (χ3v) is 4.69. The van der Waals surface area contributed by atoms with Gasteiger partial charge in [0.15, 0.2) is 5.11 Å². The van der Waals surface area contributed by atoms with Crippen LogP contribution in [0.5, 0.6) is 5.75 Å². The lowest BCUT2D eigenvalue weighted by Crippen LogP contribution is -2.34. The van der Waals surface area contributed by atoms with Crippen molar-refractivity contribution in [2.24, 2.45) is 0 Å². The summed E-state index contributed by atoms with van der Waals surface area (Å²) in [5.41, 5.74) is 2.83. The summed E-state index contributed by atoms with van der Waals surface area (Å²) in [7, 11) is 1.64. The van der Waals surface area contributed by atoms with Gasteiger partial charge in [0.25, 0.3) is 0 Å². The molecular formula is C21H18Cl2N2OS. The summed E-state index contributed by atoms with van der Waals surface area (Å²) in [5, 5.41) is 4.87. The van der Waals surface area contributed by atoms with Gasteiger partial charge in [-0.15, -0.1) is 0 Å². The molecular weight excluding hydrogens is 399 g/mol. The van der Waals surface area contributed by atoms with Crippen LogP contribution in [0.2, 0.25) is 10.0 Å². The van der Waals surface area contributed by atoms with Crippen LogP contribution in [0, 0.1) is 0 Å². The first kappa shape index (κ1) is 19.5. The molecule has 0 aliphatic rings. The quantitative estimate of drug-likeness (QED) is 0.485. The Morgan fingerprint density at radius 3 is 2.19 bits per heavy atom. The predicted octanol–water partition coefficient (Wildman–Crippen LogP) is 6.41. The molecule has 1 N–H and O–H groups in total. The Hall–Kier alpha value is -2.27. The molecule has 0 aliphatic carbocycles. The number of benzene rings is 3. The highest BCUT2D eigenvalue weighted by atomic mass is 35.5. The molecule has 0 aromatic heterocycles. The van der Waals surface area contributed by atoms with Crippen molar-refractivity contribution < 1.29 is 4.74 Å². The maximum absolute atomic E-state index is 6.10. The summed E-state index contributed by atoms with van der Waals surface area (Å²) in [4.78, 5) is 2.01. The molecule has 138 valence electrons. The fourth-order valence-corrected chi connectivity index (χ4v) is 3.44. The fraction of sp³-hybridized carbons (Fsp3) is 0.0952. The summed E-state index contributed by atoms with van der Waals surface area (Å²) < 4.78 is 5.25. The topological polar surface area (TPSA) is 24.5 Å². The Morgan fingerprint density at radius 1 is 0.963 bits per heavy atom. The van der Waals surface area contributed by atoms with Crippen molar-refractivity contribution in [1.82, 2.24) is 0 Å². The molecule has 0 saturated carbocycles. The number of nitrogens with zero attached hydrogens (tertiary/aromatic N) is 1. The first-order valence-electron chi connectivity index (χ1n) is 8.28. The van der Waals surface area contributed by atoms with E-state index in [1.807, 2.05) is 47.4 Å². The average molecular weight is 417 g/mol. The Bertz CT molecular complexity index is 897. The van der Waals surface area contributed by atoms with E-state index in [0.717, 1.165) is 22.7 Å². The summed E-state index contributed by atoms with van der Waals surface area (Å²) in [6, 6.07) is 23.2. The Balaban J connectivity index is 1.88. The van der Waals surface area contributed by atoms with E-state index in [4.69, 9.17) is 40.2 Å². The molecule has 3 rings (SSSR count). The summed E-state index contributed by atoms with van der Waals surface area (Å²) in [6.07, 6.45) is 0. The first-order chi connectivity index (χ1) is 13.0. The average Bonchev–Trinajstić information content (AvgIpc) is 2.66. The van der Waals surface area contributed by atoms with Crippen LogP contribution in [-0.4, -0.2) is 12.2 Å². The van der Waals surface area contributed by atoms with Gasteiger partial charge in [-0.3, -0.25) is 0 Å². The second-order valence-electron chi connectivity index (χ2n) is 5.86. The summed E-state index contributed by atoms with van der Waals surface area (Å²) in [5.74, 6) is 0.791. The molecule has 3 nitrogen and oxygen atoms in total. The smallest absolute Gasteiger partial charge is 0.178 e. The van der Waals surface area contributed by atoms with Crippen LogP contribution in [0.25, 0.3) is 0 Å². The summed E-state index contributed by atoms with van der Waals surface area (Å²) >= 11 is 17.9. The van der Waals surface area contributed by atoms with Gasteiger partial charge in [-0.05, 0) is 60.2 Å². The van der Waals surface area contributed by atoms with Crippen molar-refractivity contribution in [2.45, 2.75) is 6.54 Å². The van der Waals surface area contributed by atoms with Gasteiger partial charge in [0.1, 0.15) is 5.75 Å². The molecule has 3 aromatic rings. The number of anilines is 2. The highest BCUT2D eigenvalue weighted by Gasteiger charge is 2.14. The molecule has 0 amide bonds. The Kier molecular flexibility index (Phi) is 6.56. The highest BCUT2D eigenvalue weighted by Crippen LogP contribution is 2.25. The molecule has 0 heterocycles. The van der Waals surface area contributed by atoms with Crippen molar-refractivity contribution in [3.8, 4) is 5.75 Å². The maximum Gasteiger partial charge on any atom is 0.178 e. The molecule has 3 aromatic carbocycles. The Labute approximate surface area is 174 Å². The predicted molar refractivity (Wildman–Crippen MR) is 118 cm³/mol. The molecule has 0 unspecified atom stereocenters. The zero-order chi connectivity index (χ0) is 19.2. The van der Waals surface area contributed by atoms with E-state index >= 15 is 0 Å². The fourth-order valence-electron chi connectivity index (χ4n) is 2.63. The molecule has 0 bridgehead atoms. The second kappa shape index (κ2) is 9.09. The van der Waals surface area contributed by atoms with Gasteiger partial charge in [-0.1, -0.05) is 53.5 Å². The van der Waals surface area contributed by atoms with E-state index < -0.39 is 0 Å². The molecule has 0 radical (unpaired) electrons. The van der Waals surface area contributed by atoms with Gasteiger partial charge in [0.2, 0.25) is 0 Å². The van der Waals surface area contributed by atoms with Gasteiger partial charge in [0, 0.05) is 21.4 Å². The standard InChI is InChI=1S/C21H18Cl2N2OS/c1-26-20-9-7-19(8-10-20)25(14-15-5-3-2-4-6-15)21(27)24-18-12-16(22)11-17(23)13-18/h2-13H,14H2,1H3,(H,24,27). The van der Waals surface area contributed by atoms with Crippen molar-refractivity contribution in [2.75, 3.05) is 17.3 Å². The maximum atomic E-state index is 6.10. The molecule has 0 saturated heterocycles. The van der Waals surface area contributed by atoms with Gasteiger partial charge in [-0.25, -0.2) is 0 Å². The minimum Gasteiger partial charge on any atom is -0.497 e. The lowest BCUT2D eigenvalue weighted by Gasteiger charge is -2.26. The molecule has 27 heavy (non-hydrogen) atoms. The molecule has 0 spiro atoms. The van der Waals surface area contributed by atoms with Gasteiger partial charge in [-0.2, -0.15) is 0 Å². The van der Waals surface area contributed by atoms with Crippen LogP contribution in [0.1, 0.15) is 5.56 Å². The van der Waals surface area contributed by atoms with Crippen LogP contribution < -0.4 is 15.0 Å². The number of ether oxygens (including phenoxy) is 1. The Morgan fingerprint density at radius 2 is 1.59 bits per heavy atom. The van der Waals surface area contributed by atoms with Gasteiger partial charge in [0.05, 0.1) is 13.7 Å². The molecule has 0 atom stereocenters. The first-order valence-corrected chi connectivity index (χ1v) is 9.44. The van der Waals surface area contributed by atoms with Crippen LogP contribution in [0.4, 0.5) is 11.4 Å². The number of thiocarbonyl (C=S) groups is 1. The summed E-state index contributed by atoms with van der Waals surface area (Å²) in [6.45, 7) is 0.618. The molecule has 0 fully saturated rings. The largest absolute Gasteiger partial charge is 0.497 e. The van der Waals surface area contributed by atoms with Crippen molar-refractivity contribution >= 4 is 51.9 Å². The van der Waals surface area contributed by atoms with Crippen LogP contribution in [0.15, 0.2) is 72.8 Å². The number of hydrogen-bond acceptors (Lipinski definition) is 2. The third-order valence-electron chi connectivity index (χ3n) is 3.93. The van der Waals surface area contributed by atoms with E-state index in [-0.39, 0.29) is 0 Å². The second-order valence-corrected chi connectivity index (χ2v) is 7.12. The minimum atomic E-state index is 0.544. The van der Waals surface area contributed by atoms with E-state index in [1.165, 1.54) is 0 Å². The van der Waals surface area contributed by atoms with Crippen molar-refractivity contribution in [3.63, 3.8) is 0 Å². The van der Waals surface area contributed by atoms with Crippen LogP contribution in [0.3, 0.4) is 0 Å². The third kappa shape index (κ3) is 5.36. The van der Waals surface area contributed by atoms with E-state index in [2.05, 4.69) is 17.4 Å². The van der Waals surface area contributed by atoms with E-state index in [9.17, 15) is 0 Å². The SMILES string of the molecule is COc1ccc(N(Cc2ccccc2)C(=S)Nc2cc(Cl)cc(Cl)c2)cc1. The van der Waals surface area contributed by atoms with Gasteiger partial charge >= 0.3 is 0 Å². The lowest BCUT2D eigenvalue weighted by atomic mass is 10.2. The zero-order valence-corrected chi connectivity index (χ0v) is 17.0. The lowest BCUT2D eigenvalue weighted by molar-refractivity contribution is 0.415. The van der Waals surface area contributed by atoms with E-state index in [1.54, 1.807) is 25.3 Å². The zero-order valence-electron chi connectivity index (χ0n) is 14.7. The minimum absolute atomic E-state index is 0.544. The number of methoxy groups -OCH3 is 1. The number of halogens is 2. The number of hydrogen-bond donors (Lipinski definition) is 1. The number of nitrogens with one attached hydrogen (secondary N) is 1.